The van der Waals surface area contributed by atoms with Gasteiger partial charge in [-0.3, -0.25) is 4.79 Å². The normalized spacial score (nSPS) is 13.9. The molecule has 1 heterocycles. The van der Waals surface area contributed by atoms with Crippen molar-refractivity contribution in [2.45, 2.75) is 39.2 Å². The summed E-state index contributed by atoms with van der Waals surface area (Å²) in [6.45, 7) is 7.38. The number of carbonyl (C=O) groups is 2. The highest BCUT2D eigenvalue weighted by atomic mass is 16.5. The fourth-order valence-electron chi connectivity index (χ4n) is 3.12. The van der Waals surface area contributed by atoms with Gasteiger partial charge in [-0.2, -0.15) is 0 Å². The molecule has 2 aromatic rings. The molecule has 0 atom stereocenters. The van der Waals surface area contributed by atoms with Gasteiger partial charge in [0.25, 0.3) is 5.91 Å². The summed E-state index contributed by atoms with van der Waals surface area (Å²) < 4.78 is 5.23. The third kappa shape index (κ3) is 4.13. The smallest absolute Gasteiger partial charge is 0.338 e. The first-order chi connectivity index (χ1) is 12.3. The molecule has 1 aliphatic heterocycles. The van der Waals surface area contributed by atoms with Crippen molar-refractivity contribution in [3.8, 4) is 0 Å². The molecular weight excluding hydrogens is 326 g/mol. The summed E-state index contributed by atoms with van der Waals surface area (Å²) in [5, 5.41) is 0. The quantitative estimate of drug-likeness (QED) is 0.792. The lowest BCUT2D eigenvalue weighted by molar-refractivity contribution is -0.135. The molecule has 2 aromatic carbocycles. The number of ether oxygens (including phenoxy) is 1. The molecule has 0 unspecified atom stereocenters. The van der Waals surface area contributed by atoms with Crippen molar-refractivity contribution in [3.05, 3.63) is 70.8 Å². The summed E-state index contributed by atoms with van der Waals surface area (Å²) in [7, 11) is 0. The number of fused-ring (bicyclic) bond motifs is 1. The van der Waals surface area contributed by atoms with Crippen LogP contribution in [0.15, 0.2) is 48.5 Å². The van der Waals surface area contributed by atoms with Crippen LogP contribution >= 0.6 is 0 Å². The van der Waals surface area contributed by atoms with Gasteiger partial charge in [-0.25, -0.2) is 4.79 Å². The van der Waals surface area contributed by atoms with E-state index in [0.29, 0.717) is 18.7 Å². The van der Waals surface area contributed by atoms with Gasteiger partial charge in [-0.15, -0.1) is 0 Å². The molecule has 1 amide bonds. The predicted molar refractivity (Wildman–Crippen MR) is 101 cm³/mol. The fourth-order valence-corrected chi connectivity index (χ4v) is 3.12. The number of carbonyl (C=O) groups excluding carboxylic acids is 2. The third-order valence-electron chi connectivity index (χ3n) is 4.80. The second-order valence-electron chi connectivity index (χ2n) is 7.74. The van der Waals surface area contributed by atoms with E-state index in [1.54, 1.807) is 17.0 Å². The van der Waals surface area contributed by atoms with Crippen LogP contribution in [0.25, 0.3) is 0 Å². The second kappa shape index (κ2) is 7.32. The maximum absolute atomic E-state index is 12.4. The first kappa shape index (κ1) is 18.2. The van der Waals surface area contributed by atoms with Crippen LogP contribution in [0.1, 0.15) is 47.8 Å². The van der Waals surface area contributed by atoms with Crippen molar-refractivity contribution in [1.82, 2.24) is 4.90 Å². The summed E-state index contributed by atoms with van der Waals surface area (Å²) in [6.07, 6.45) is 0.837. The molecular formula is C22H25NO3. The molecule has 0 bridgehead atoms. The average molecular weight is 351 g/mol. The SMILES string of the molecule is CC(C)(C)c1ccc(C(=O)OCC(=O)N2CCc3ccccc3C2)cc1. The minimum Gasteiger partial charge on any atom is -0.452 e. The Morgan fingerprint density at radius 2 is 1.65 bits per heavy atom. The molecule has 4 nitrogen and oxygen atoms in total. The number of benzene rings is 2. The average Bonchev–Trinajstić information content (AvgIpc) is 2.64. The molecule has 0 aromatic heterocycles. The zero-order chi connectivity index (χ0) is 18.7. The van der Waals surface area contributed by atoms with Gasteiger partial charge >= 0.3 is 5.97 Å². The van der Waals surface area contributed by atoms with Gasteiger partial charge in [-0.05, 0) is 40.7 Å². The van der Waals surface area contributed by atoms with Crippen LogP contribution in [0.3, 0.4) is 0 Å². The van der Waals surface area contributed by atoms with E-state index in [2.05, 4.69) is 26.8 Å². The molecule has 0 saturated heterocycles. The Morgan fingerprint density at radius 3 is 2.31 bits per heavy atom. The molecule has 0 radical (unpaired) electrons. The Labute approximate surface area is 154 Å². The molecule has 136 valence electrons. The fraction of sp³-hybridized carbons (Fsp3) is 0.364. The minimum absolute atomic E-state index is 0.0307. The zero-order valence-electron chi connectivity index (χ0n) is 15.6. The van der Waals surface area contributed by atoms with E-state index in [0.717, 1.165) is 17.5 Å². The van der Waals surface area contributed by atoms with E-state index in [1.807, 2.05) is 30.3 Å². The van der Waals surface area contributed by atoms with E-state index in [9.17, 15) is 9.59 Å². The van der Waals surface area contributed by atoms with Crippen LogP contribution in [0, 0.1) is 0 Å². The molecule has 0 N–H and O–H groups in total. The zero-order valence-corrected chi connectivity index (χ0v) is 15.6. The third-order valence-corrected chi connectivity index (χ3v) is 4.80. The monoisotopic (exact) mass is 351 g/mol. The summed E-state index contributed by atoms with van der Waals surface area (Å²) >= 11 is 0. The first-order valence-electron chi connectivity index (χ1n) is 8.97. The Kier molecular flexibility index (Phi) is 5.12. The van der Waals surface area contributed by atoms with Gasteiger partial charge in [0.1, 0.15) is 0 Å². The molecule has 0 spiro atoms. The van der Waals surface area contributed by atoms with Gasteiger partial charge in [0.05, 0.1) is 5.56 Å². The molecule has 0 aliphatic carbocycles. The van der Waals surface area contributed by atoms with E-state index >= 15 is 0 Å². The molecule has 4 heteroatoms. The summed E-state index contributed by atoms with van der Waals surface area (Å²) in [4.78, 5) is 26.3. The highest BCUT2D eigenvalue weighted by Crippen LogP contribution is 2.22. The van der Waals surface area contributed by atoms with Crippen molar-refractivity contribution in [2.24, 2.45) is 0 Å². The van der Waals surface area contributed by atoms with Gasteiger partial charge in [0.15, 0.2) is 6.61 Å². The number of nitrogens with zero attached hydrogens (tertiary/aromatic N) is 1. The maximum Gasteiger partial charge on any atom is 0.338 e. The van der Waals surface area contributed by atoms with Crippen LogP contribution in [0.2, 0.25) is 0 Å². The van der Waals surface area contributed by atoms with Crippen LogP contribution < -0.4 is 0 Å². The summed E-state index contributed by atoms with van der Waals surface area (Å²) in [5.74, 6) is -0.615. The van der Waals surface area contributed by atoms with Crippen molar-refractivity contribution in [2.75, 3.05) is 13.2 Å². The topological polar surface area (TPSA) is 46.6 Å². The Balaban J connectivity index is 1.55. The number of rotatable bonds is 3. The molecule has 26 heavy (non-hydrogen) atoms. The standard InChI is InChI=1S/C22H25NO3/c1-22(2,3)19-10-8-17(9-11-19)21(25)26-15-20(24)23-13-12-16-6-4-5-7-18(16)14-23/h4-11H,12-15H2,1-3H3. The number of amides is 1. The van der Waals surface area contributed by atoms with Crippen LogP contribution in [0.5, 0.6) is 0 Å². The number of hydrogen-bond donors (Lipinski definition) is 0. The number of esters is 1. The van der Waals surface area contributed by atoms with E-state index in [1.165, 1.54) is 5.56 Å². The van der Waals surface area contributed by atoms with Gasteiger partial charge in [0, 0.05) is 13.1 Å². The van der Waals surface area contributed by atoms with E-state index in [-0.39, 0.29) is 17.9 Å². The van der Waals surface area contributed by atoms with Crippen molar-refractivity contribution in [3.63, 3.8) is 0 Å². The minimum atomic E-state index is -0.462. The lowest BCUT2D eigenvalue weighted by Crippen LogP contribution is -2.38. The Hall–Kier alpha value is -2.62. The largest absolute Gasteiger partial charge is 0.452 e. The summed E-state index contributed by atoms with van der Waals surface area (Å²) in [6, 6.07) is 15.5. The van der Waals surface area contributed by atoms with E-state index < -0.39 is 5.97 Å². The second-order valence-corrected chi connectivity index (χ2v) is 7.74. The van der Waals surface area contributed by atoms with Gasteiger partial charge in [-0.1, -0.05) is 57.2 Å². The lowest BCUT2D eigenvalue weighted by Gasteiger charge is -2.28. The van der Waals surface area contributed by atoms with Crippen LogP contribution in [-0.2, 0) is 27.9 Å². The van der Waals surface area contributed by atoms with Crippen molar-refractivity contribution in [1.29, 1.82) is 0 Å². The van der Waals surface area contributed by atoms with Gasteiger partial charge < -0.3 is 9.64 Å². The highest BCUT2D eigenvalue weighted by Gasteiger charge is 2.22. The molecule has 0 saturated carbocycles. The highest BCUT2D eigenvalue weighted by molar-refractivity contribution is 5.91. The van der Waals surface area contributed by atoms with Crippen LogP contribution in [0.4, 0.5) is 0 Å². The van der Waals surface area contributed by atoms with E-state index in [4.69, 9.17) is 4.74 Å². The molecule has 1 aliphatic rings. The van der Waals surface area contributed by atoms with Crippen LogP contribution in [-0.4, -0.2) is 29.9 Å². The maximum atomic E-state index is 12.4. The summed E-state index contributed by atoms with van der Waals surface area (Å²) in [5.41, 5.74) is 4.10. The van der Waals surface area contributed by atoms with Gasteiger partial charge in [0.2, 0.25) is 0 Å². The Morgan fingerprint density at radius 1 is 1.00 bits per heavy atom. The van der Waals surface area contributed by atoms with Crippen molar-refractivity contribution < 1.29 is 14.3 Å². The number of hydrogen-bond acceptors (Lipinski definition) is 3. The first-order valence-corrected chi connectivity index (χ1v) is 8.97. The molecule has 0 fully saturated rings. The molecule has 3 rings (SSSR count). The predicted octanol–water partition coefficient (Wildman–Crippen LogP) is 3.73. The lowest BCUT2D eigenvalue weighted by atomic mass is 9.87. The Bertz CT molecular complexity index is 803. The van der Waals surface area contributed by atoms with Crippen molar-refractivity contribution >= 4 is 11.9 Å².